The molecule has 0 unspecified atom stereocenters. The number of pyridine rings is 1. The van der Waals surface area contributed by atoms with Gasteiger partial charge in [-0.15, -0.1) is 5.10 Å². The number of aromatic amines is 1. The van der Waals surface area contributed by atoms with Crippen LogP contribution in [0.4, 0.5) is 5.82 Å². The topological polar surface area (TPSA) is 93.4 Å². The summed E-state index contributed by atoms with van der Waals surface area (Å²) in [6.07, 6.45) is 0. The van der Waals surface area contributed by atoms with E-state index in [4.69, 9.17) is 5.73 Å². The molecule has 0 bridgehead atoms. The summed E-state index contributed by atoms with van der Waals surface area (Å²) in [4.78, 5) is 11.5. The molecule has 0 spiro atoms. The van der Waals surface area contributed by atoms with Gasteiger partial charge in [-0.05, 0) is 23.7 Å². The first-order valence-electron chi connectivity index (χ1n) is 4.22. The summed E-state index contributed by atoms with van der Waals surface area (Å²) in [6.45, 7) is 0. The highest BCUT2D eigenvalue weighted by molar-refractivity contribution is 7.03. The summed E-state index contributed by atoms with van der Waals surface area (Å²) in [6, 6.07) is 3.57. The highest BCUT2D eigenvalue weighted by atomic mass is 32.1. The van der Waals surface area contributed by atoms with Crippen molar-refractivity contribution in [3.05, 3.63) is 17.5 Å². The third-order valence-electron chi connectivity index (χ3n) is 1.97. The Labute approximate surface area is 88.3 Å². The van der Waals surface area contributed by atoms with Crippen LogP contribution in [0.2, 0.25) is 0 Å². The van der Waals surface area contributed by atoms with E-state index < -0.39 is 0 Å². The molecule has 0 aliphatic heterocycles. The fraction of sp³-hybridized carbons (Fsp3) is 0. The van der Waals surface area contributed by atoms with Crippen molar-refractivity contribution in [1.29, 1.82) is 0 Å². The smallest absolute Gasteiger partial charge is 0.180 e. The molecule has 0 saturated heterocycles. The lowest BCUT2D eigenvalue weighted by Gasteiger charge is -1.88. The second kappa shape index (κ2) is 2.99. The molecule has 0 fully saturated rings. The van der Waals surface area contributed by atoms with Crippen molar-refractivity contribution in [2.75, 3.05) is 5.73 Å². The Hall–Kier alpha value is -2.02. The van der Waals surface area contributed by atoms with Crippen LogP contribution in [0.3, 0.4) is 0 Å². The van der Waals surface area contributed by atoms with Crippen LogP contribution in [0, 0.1) is 0 Å². The Kier molecular flexibility index (Phi) is 1.65. The Morgan fingerprint density at radius 2 is 2.20 bits per heavy atom. The van der Waals surface area contributed by atoms with E-state index in [0.29, 0.717) is 17.3 Å². The van der Waals surface area contributed by atoms with Crippen LogP contribution >= 0.6 is 11.5 Å². The number of aromatic nitrogens is 5. The lowest BCUT2D eigenvalue weighted by Crippen LogP contribution is -1.88. The van der Waals surface area contributed by atoms with Gasteiger partial charge in [-0.25, -0.2) is 9.97 Å². The first-order chi connectivity index (χ1) is 7.33. The van der Waals surface area contributed by atoms with Gasteiger partial charge in [-0.3, -0.25) is 0 Å². The zero-order valence-corrected chi connectivity index (χ0v) is 8.32. The maximum Gasteiger partial charge on any atom is 0.180 e. The number of nitrogens with one attached hydrogen (secondary N) is 1. The van der Waals surface area contributed by atoms with Crippen molar-refractivity contribution in [3.8, 4) is 11.5 Å². The van der Waals surface area contributed by atoms with Gasteiger partial charge < -0.3 is 10.7 Å². The molecule has 0 aliphatic carbocycles. The quantitative estimate of drug-likeness (QED) is 0.637. The third-order valence-corrected chi connectivity index (χ3v) is 2.47. The van der Waals surface area contributed by atoms with Gasteiger partial charge >= 0.3 is 0 Å². The molecule has 0 radical (unpaired) electrons. The number of nitrogens with zero attached hydrogens (tertiary/aromatic N) is 4. The minimum Gasteiger partial charge on any atom is -0.384 e. The minimum absolute atomic E-state index is 0.456. The number of imidazole rings is 1. The normalized spacial score (nSPS) is 10.9. The molecule has 15 heavy (non-hydrogen) atoms. The van der Waals surface area contributed by atoms with Crippen molar-refractivity contribution in [1.82, 2.24) is 24.5 Å². The summed E-state index contributed by atoms with van der Waals surface area (Å²) >= 11 is 1.28. The molecule has 6 nitrogen and oxygen atoms in total. The van der Waals surface area contributed by atoms with Crippen LogP contribution in [0.15, 0.2) is 17.5 Å². The molecular formula is C8H6N6S. The Morgan fingerprint density at radius 1 is 1.27 bits per heavy atom. The van der Waals surface area contributed by atoms with Crippen molar-refractivity contribution in [3.63, 3.8) is 0 Å². The Morgan fingerprint density at radius 3 is 3.00 bits per heavy atom. The molecular weight excluding hydrogens is 212 g/mol. The second-order valence-corrected chi connectivity index (χ2v) is 3.59. The fourth-order valence-corrected chi connectivity index (χ4v) is 1.74. The van der Waals surface area contributed by atoms with Gasteiger partial charge in [0.25, 0.3) is 0 Å². The number of H-pyrrole nitrogens is 1. The van der Waals surface area contributed by atoms with E-state index in [9.17, 15) is 0 Å². The molecule has 74 valence electrons. The summed E-state index contributed by atoms with van der Waals surface area (Å²) < 4.78 is 3.77. The minimum atomic E-state index is 0.456. The van der Waals surface area contributed by atoms with Gasteiger partial charge in [0, 0.05) is 5.38 Å². The molecule has 3 heterocycles. The number of hydrogen-bond acceptors (Lipinski definition) is 6. The molecule has 3 aromatic rings. The zero-order chi connectivity index (χ0) is 10.3. The second-order valence-electron chi connectivity index (χ2n) is 2.98. The van der Waals surface area contributed by atoms with Gasteiger partial charge in [-0.1, -0.05) is 4.49 Å². The lowest BCUT2D eigenvalue weighted by molar-refractivity contribution is 1.13. The number of rotatable bonds is 1. The maximum absolute atomic E-state index is 5.56. The molecule has 3 rings (SSSR count). The molecule has 7 heteroatoms. The van der Waals surface area contributed by atoms with Crippen LogP contribution in [-0.4, -0.2) is 24.5 Å². The van der Waals surface area contributed by atoms with Crippen molar-refractivity contribution < 1.29 is 0 Å². The van der Waals surface area contributed by atoms with Gasteiger partial charge in [0.1, 0.15) is 11.5 Å². The monoisotopic (exact) mass is 218 g/mol. The van der Waals surface area contributed by atoms with Crippen LogP contribution in [-0.2, 0) is 0 Å². The fourth-order valence-electron chi connectivity index (χ4n) is 1.30. The summed E-state index contributed by atoms with van der Waals surface area (Å²) in [5, 5.41) is 5.74. The lowest BCUT2D eigenvalue weighted by atomic mass is 10.4. The van der Waals surface area contributed by atoms with Crippen molar-refractivity contribution in [2.45, 2.75) is 0 Å². The van der Waals surface area contributed by atoms with E-state index in [0.717, 1.165) is 11.2 Å². The van der Waals surface area contributed by atoms with Crippen LogP contribution in [0.5, 0.6) is 0 Å². The SMILES string of the molecule is Nc1ccc2[nH]c(-c3csnn3)nc2n1. The molecule has 0 amide bonds. The number of anilines is 1. The molecule has 0 aliphatic rings. The number of hydrogen-bond donors (Lipinski definition) is 2. The highest BCUT2D eigenvalue weighted by Crippen LogP contribution is 2.18. The van der Waals surface area contributed by atoms with E-state index in [1.165, 1.54) is 11.5 Å². The summed E-state index contributed by atoms with van der Waals surface area (Å²) in [5.74, 6) is 1.12. The van der Waals surface area contributed by atoms with Crippen LogP contribution in [0.1, 0.15) is 0 Å². The number of fused-ring (bicyclic) bond motifs is 1. The largest absolute Gasteiger partial charge is 0.384 e. The zero-order valence-electron chi connectivity index (χ0n) is 7.51. The first-order valence-corrected chi connectivity index (χ1v) is 5.06. The molecule has 0 saturated carbocycles. The molecule has 3 aromatic heterocycles. The first kappa shape index (κ1) is 8.30. The summed E-state index contributed by atoms with van der Waals surface area (Å²) in [5.41, 5.74) is 7.72. The van der Waals surface area contributed by atoms with Gasteiger partial charge in [0.05, 0.1) is 5.52 Å². The predicted octanol–water partition coefficient (Wildman–Crippen LogP) is 1.06. The predicted molar refractivity (Wildman–Crippen MR) is 57.2 cm³/mol. The number of nitrogen functional groups attached to an aromatic ring is 1. The average Bonchev–Trinajstić information content (AvgIpc) is 2.84. The molecule has 0 aromatic carbocycles. The summed E-state index contributed by atoms with van der Waals surface area (Å²) in [7, 11) is 0. The van der Waals surface area contributed by atoms with Crippen molar-refractivity contribution in [2.24, 2.45) is 0 Å². The standard InChI is InChI=1S/C8H6N6S/c9-6-2-1-4-7(11-6)12-8(10-4)5-3-15-14-13-5/h1-3H,(H3,9,10,11,12). The van der Waals surface area contributed by atoms with Gasteiger partial charge in [0.2, 0.25) is 0 Å². The van der Waals surface area contributed by atoms with E-state index in [1.807, 2.05) is 11.4 Å². The van der Waals surface area contributed by atoms with E-state index in [-0.39, 0.29) is 0 Å². The van der Waals surface area contributed by atoms with Crippen molar-refractivity contribution >= 4 is 28.5 Å². The highest BCUT2D eigenvalue weighted by Gasteiger charge is 2.08. The van der Waals surface area contributed by atoms with Gasteiger partial charge in [0.15, 0.2) is 11.5 Å². The van der Waals surface area contributed by atoms with E-state index >= 15 is 0 Å². The van der Waals surface area contributed by atoms with Gasteiger partial charge in [-0.2, -0.15) is 0 Å². The maximum atomic E-state index is 5.56. The number of nitrogens with two attached hydrogens (primary N) is 1. The molecule has 3 N–H and O–H groups in total. The molecule has 0 atom stereocenters. The van der Waals surface area contributed by atoms with Crippen LogP contribution < -0.4 is 5.73 Å². The Balaban J connectivity index is 2.22. The van der Waals surface area contributed by atoms with E-state index in [1.54, 1.807) is 6.07 Å². The average molecular weight is 218 g/mol. The Bertz CT molecular complexity index is 599. The third kappa shape index (κ3) is 1.33. The van der Waals surface area contributed by atoms with E-state index in [2.05, 4.69) is 24.5 Å². The van der Waals surface area contributed by atoms with Crippen LogP contribution in [0.25, 0.3) is 22.7 Å².